The third-order valence-electron chi connectivity index (χ3n) is 3.50. The van der Waals surface area contributed by atoms with Crippen molar-refractivity contribution in [3.8, 4) is 5.69 Å². The van der Waals surface area contributed by atoms with E-state index in [1.807, 2.05) is 6.92 Å². The van der Waals surface area contributed by atoms with Gasteiger partial charge in [-0.25, -0.2) is 4.98 Å². The van der Waals surface area contributed by atoms with Crippen molar-refractivity contribution in [2.24, 2.45) is 0 Å². The molecule has 0 bridgehead atoms. The van der Waals surface area contributed by atoms with E-state index in [-0.39, 0.29) is 11.4 Å². The van der Waals surface area contributed by atoms with E-state index in [1.54, 1.807) is 6.20 Å². The van der Waals surface area contributed by atoms with Gasteiger partial charge in [0.25, 0.3) is 5.69 Å². The first-order valence-corrected chi connectivity index (χ1v) is 6.96. The van der Waals surface area contributed by atoms with Gasteiger partial charge in [0, 0.05) is 25.0 Å². The molecule has 9 heteroatoms. The van der Waals surface area contributed by atoms with Crippen LogP contribution in [-0.2, 0) is 6.54 Å². The van der Waals surface area contributed by atoms with E-state index in [0.29, 0.717) is 24.0 Å². The van der Waals surface area contributed by atoms with Crippen molar-refractivity contribution in [1.29, 1.82) is 0 Å². The topological polar surface area (TPSA) is 116 Å². The summed E-state index contributed by atoms with van der Waals surface area (Å²) in [4.78, 5) is 41.0. The predicted molar refractivity (Wildman–Crippen MR) is 82.9 cm³/mol. The van der Waals surface area contributed by atoms with Crippen LogP contribution in [0, 0.1) is 10.1 Å². The SMILES string of the molecule is CCCn1c(=O)c(=O)[nH]c2cc(-n3ccnc3)c([N+](=O)[O-])cc21. The molecule has 23 heavy (non-hydrogen) atoms. The zero-order valence-electron chi connectivity index (χ0n) is 12.2. The van der Waals surface area contributed by atoms with Crippen molar-refractivity contribution < 1.29 is 4.92 Å². The van der Waals surface area contributed by atoms with E-state index < -0.39 is 16.0 Å². The van der Waals surface area contributed by atoms with Gasteiger partial charge in [0.15, 0.2) is 0 Å². The van der Waals surface area contributed by atoms with E-state index in [9.17, 15) is 19.7 Å². The minimum Gasteiger partial charge on any atom is -0.316 e. The maximum atomic E-state index is 12.0. The highest BCUT2D eigenvalue weighted by Crippen LogP contribution is 2.27. The van der Waals surface area contributed by atoms with Crippen LogP contribution in [0.15, 0.2) is 40.4 Å². The quantitative estimate of drug-likeness (QED) is 0.441. The minimum atomic E-state index is -0.753. The number of aromatic amines is 1. The Labute approximate surface area is 129 Å². The van der Waals surface area contributed by atoms with Gasteiger partial charge >= 0.3 is 11.1 Å². The van der Waals surface area contributed by atoms with E-state index in [0.717, 1.165) is 0 Å². The van der Waals surface area contributed by atoms with Crippen molar-refractivity contribution in [3.05, 3.63) is 61.7 Å². The van der Waals surface area contributed by atoms with Crippen LogP contribution in [0.5, 0.6) is 0 Å². The number of fused-ring (bicyclic) bond motifs is 1. The van der Waals surface area contributed by atoms with Crippen molar-refractivity contribution in [2.75, 3.05) is 0 Å². The summed E-state index contributed by atoms with van der Waals surface area (Å²) in [6, 6.07) is 2.78. The summed E-state index contributed by atoms with van der Waals surface area (Å²) in [6.07, 6.45) is 5.10. The fourth-order valence-corrected chi connectivity index (χ4v) is 2.50. The lowest BCUT2D eigenvalue weighted by Gasteiger charge is -2.11. The Kier molecular flexibility index (Phi) is 3.53. The summed E-state index contributed by atoms with van der Waals surface area (Å²) >= 11 is 0. The van der Waals surface area contributed by atoms with Gasteiger partial charge in [-0.3, -0.25) is 19.7 Å². The summed E-state index contributed by atoms with van der Waals surface area (Å²) in [5, 5.41) is 11.4. The molecule has 0 radical (unpaired) electrons. The number of nitrogens with one attached hydrogen (secondary N) is 1. The second-order valence-electron chi connectivity index (χ2n) is 5.00. The lowest BCUT2D eigenvalue weighted by molar-refractivity contribution is -0.384. The third-order valence-corrected chi connectivity index (χ3v) is 3.50. The molecule has 0 unspecified atom stereocenters. The Balaban J connectivity index is 2.43. The number of aryl methyl sites for hydroxylation is 1. The number of aromatic nitrogens is 4. The Morgan fingerprint density at radius 3 is 2.74 bits per heavy atom. The monoisotopic (exact) mass is 315 g/mol. The van der Waals surface area contributed by atoms with Crippen molar-refractivity contribution in [2.45, 2.75) is 19.9 Å². The fourth-order valence-electron chi connectivity index (χ4n) is 2.50. The molecule has 118 valence electrons. The third kappa shape index (κ3) is 2.41. The Morgan fingerprint density at radius 2 is 2.13 bits per heavy atom. The van der Waals surface area contributed by atoms with Gasteiger partial charge in [-0.15, -0.1) is 0 Å². The van der Waals surface area contributed by atoms with Crippen LogP contribution in [0.2, 0.25) is 0 Å². The van der Waals surface area contributed by atoms with Crippen LogP contribution in [-0.4, -0.2) is 24.0 Å². The maximum Gasteiger partial charge on any atom is 0.316 e. The molecule has 0 saturated carbocycles. The van der Waals surface area contributed by atoms with E-state index in [4.69, 9.17) is 0 Å². The number of hydrogen-bond donors (Lipinski definition) is 1. The molecule has 0 aliphatic heterocycles. The largest absolute Gasteiger partial charge is 0.316 e. The van der Waals surface area contributed by atoms with Crippen molar-refractivity contribution in [3.63, 3.8) is 0 Å². The standard InChI is InChI=1S/C14H13N5O4/c1-2-4-18-10-7-12(19(22)23)11(17-5-3-15-8-17)6-9(10)16-13(20)14(18)21/h3,5-8H,2,4H2,1H3,(H,16,20). The number of nitro benzene ring substituents is 1. The van der Waals surface area contributed by atoms with Crippen LogP contribution < -0.4 is 11.1 Å². The predicted octanol–water partition coefficient (Wildman–Crippen LogP) is 1.19. The van der Waals surface area contributed by atoms with Gasteiger partial charge < -0.3 is 14.1 Å². The van der Waals surface area contributed by atoms with Gasteiger partial charge in [-0.05, 0) is 12.5 Å². The van der Waals surface area contributed by atoms with Crippen molar-refractivity contribution >= 4 is 16.7 Å². The second kappa shape index (κ2) is 5.52. The molecule has 0 spiro atoms. The van der Waals surface area contributed by atoms with Gasteiger partial charge in [0.1, 0.15) is 5.69 Å². The highest BCUT2D eigenvalue weighted by molar-refractivity contribution is 5.82. The first-order valence-electron chi connectivity index (χ1n) is 6.96. The van der Waals surface area contributed by atoms with Gasteiger partial charge in [0.05, 0.1) is 22.3 Å². The summed E-state index contributed by atoms with van der Waals surface area (Å²) in [7, 11) is 0. The molecule has 0 saturated heterocycles. The number of nitro groups is 1. The highest BCUT2D eigenvalue weighted by atomic mass is 16.6. The van der Waals surface area contributed by atoms with Gasteiger partial charge in [-0.1, -0.05) is 6.92 Å². The average Bonchev–Trinajstić information content (AvgIpc) is 3.05. The van der Waals surface area contributed by atoms with Crippen molar-refractivity contribution in [1.82, 2.24) is 19.1 Å². The maximum absolute atomic E-state index is 12.0. The average molecular weight is 315 g/mol. The lowest BCUT2D eigenvalue weighted by atomic mass is 10.2. The lowest BCUT2D eigenvalue weighted by Crippen LogP contribution is -2.36. The second-order valence-corrected chi connectivity index (χ2v) is 5.00. The molecule has 9 nitrogen and oxygen atoms in total. The summed E-state index contributed by atoms with van der Waals surface area (Å²) < 4.78 is 2.74. The Morgan fingerprint density at radius 1 is 1.35 bits per heavy atom. The first kappa shape index (κ1) is 14.7. The number of benzene rings is 1. The van der Waals surface area contributed by atoms with E-state index in [2.05, 4.69) is 9.97 Å². The molecule has 3 aromatic rings. The zero-order chi connectivity index (χ0) is 16.6. The molecule has 0 fully saturated rings. The smallest absolute Gasteiger partial charge is 0.316 e. The molecule has 1 aromatic carbocycles. The summed E-state index contributed by atoms with van der Waals surface area (Å²) in [5.74, 6) is 0. The van der Waals surface area contributed by atoms with E-state index in [1.165, 1.54) is 33.8 Å². The molecular formula is C14H13N5O4. The van der Waals surface area contributed by atoms with Crippen LogP contribution in [0.3, 0.4) is 0 Å². The molecular weight excluding hydrogens is 302 g/mol. The molecule has 1 N–H and O–H groups in total. The molecule has 2 heterocycles. The molecule has 0 atom stereocenters. The summed E-state index contributed by atoms with van der Waals surface area (Å²) in [5.41, 5.74) is -0.700. The van der Waals surface area contributed by atoms with Crippen LogP contribution >= 0.6 is 0 Å². The number of imidazole rings is 1. The van der Waals surface area contributed by atoms with Crippen LogP contribution in [0.25, 0.3) is 16.7 Å². The molecule has 2 aromatic heterocycles. The first-order chi connectivity index (χ1) is 11.0. The van der Waals surface area contributed by atoms with Crippen LogP contribution in [0.1, 0.15) is 13.3 Å². The number of rotatable bonds is 4. The van der Waals surface area contributed by atoms with Crippen LogP contribution in [0.4, 0.5) is 5.69 Å². The normalized spacial score (nSPS) is 11.0. The minimum absolute atomic E-state index is 0.174. The highest BCUT2D eigenvalue weighted by Gasteiger charge is 2.19. The number of nitrogens with zero attached hydrogens (tertiary/aromatic N) is 4. The number of H-pyrrole nitrogens is 1. The summed E-state index contributed by atoms with van der Waals surface area (Å²) in [6.45, 7) is 2.16. The Hall–Kier alpha value is -3.23. The van der Waals surface area contributed by atoms with Gasteiger partial charge in [-0.2, -0.15) is 0 Å². The van der Waals surface area contributed by atoms with E-state index >= 15 is 0 Å². The van der Waals surface area contributed by atoms with Gasteiger partial charge in [0.2, 0.25) is 0 Å². The molecule has 0 amide bonds. The zero-order valence-corrected chi connectivity index (χ0v) is 12.2. The molecule has 3 rings (SSSR count). The number of hydrogen-bond acceptors (Lipinski definition) is 5. The molecule has 0 aliphatic rings. The molecule has 0 aliphatic carbocycles. The fraction of sp³-hybridized carbons (Fsp3) is 0.214. The Bertz CT molecular complexity index is 1000.